The second-order valence-electron chi connectivity index (χ2n) is 2.33. The fraction of sp³-hybridized carbons (Fsp3) is 0.400. The Bertz CT molecular complexity index is 332. The molecule has 1 fully saturated rings. The van der Waals surface area contributed by atoms with Crippen LogP contribution < -0.4 is 0 Å². The van der Waals surface area contributed by atoms with Crippen LogP contribution in [0.15, 0.2) is 11.6 Å². The molecule has 0 bridgehead atoms. The molecular formula is C5H5NO3S2. The van der Waals surface area contributed by atoms with Crippen molar-refractivity contribution in [3.8, 4) is 0 Å². The van der Waals surface area contributed by atoms with E-state index in [1.54, 1.807) is 0 Å². The molecule has 11 heavy (non-hydrogen) atoms. The van der Waals surface area contributed by atoms with Crippen molar-refractivity contribution in [3.05, 3.63) is 11.6 Å². The van der Waals surface area contributed by atoms with E-state index in [4.69, 9.17) is 0 Å². The Labute approximate surface area is 67.6 Å². The Morgan fingerprint density at radius 1 is 1.64 bits per heavy atom. The molecule has 0 unspecified atom stereocenters. The Kier molecular flexibility index (Phi) is 1.31. The van der Waals surface area contributed by atoms with Gasteiger partial charge in [-0.15, -0.1) is 0 Å². The molecule has 0 aliphatic carbocycles. The first-order chi connectivity index (χ1) is 5.11. The summed E-state index contributed by atoms with van der Waals surface area (Å²) in [5, 5.41) is 0.827. The minimum atomic E-state index is -3.12. The maximum atomic E-state index is 11.1. The summed E-state index contributed by atoms with van der Waals surface area (Å²) < 4.78 is 22.2. The van der Waals surface area contributed by atoms with Crippen LogP contribution in [0.1, 0.15) is 6.42 Å². The van der Waals surface area contributed by atoms with E-state index in [2.05, 4.69) is 0 Å². The maximum absolute atomic E-state index is 11.1. The zero-order valence-corrected chi connectivity index (χ0v) is 7.06. The highest BCUT2D eigenvalue weighted by molar-refractivity contribution is 8.73. The molecule has 2 rings (SSSR count). The van der Waals surface area contributed by atoms with Crippen LogP contribution in [0.4, 0.5) is 0 Å². The zero-order chi connectivity index (χ0) is 8.06. The van der Waals surface area contributed by atoms with Gasteiger partial charge in [0.2, 0.25) is 14.8 Å². The summed E-state index contributed by atoms with van der Waals surface area (Å²) in [7, 11) is -2.34. The number of hydrogen-bond acceptors (Lipinski definition) is 4. The largest absolute Gasteiger partial charge is 0.299 e. The Morgan fingerprint density at radius 2 is 2.36 bits per heavy atom. The van der Waals surface area contributed by atoms with Crippen molar-refractivity contribution in [1.29, 1.82) is 0 Å². The molecule has 4 nitrogen and oxygen atoms in total. The van der Waals surface area contributed by atoms with Gasteiger partial charge in [-0.25, -0.2) is 8.42 Å². The van der Waals surface area contributed by atoms with Crippen molar-refractivity contribution >= 4 is 25.6 Å². The van der Waals surface area contributed by atoms with Gasteiger partial charge in [0.05, 0.1) is 6.42 Å². The molecule has 0 N–H and O–H groups in total. The third-order valence-electron chi connectivity index (χ3n) is 1.69. The third kappa shape index (κ3) is 0.893. The van der Waals surface area contributed by atoms with Gasteiger partial charge in [0.25, 0.3) is 0 Å². The zero-order valence-electron chi connectivity index (χ0n) is 5.43. The molecule has 0 radical (unpaired) electrons. The van der Waals surface area contributed by atoms with Crippen LogP contribution in [-0.2, 0) is 13.7 Å². The normalized spacial score (nSPS) is 32.9. The topological polar surface area (TPSA) is 54.5 Å². The predicted molar refractivity (Wildman–Crippen MR) is 40.9 cm³/mol. The third-order valence-corrected chi connectivity index (χ3v) is 5.06. The summed E-state index contributed by atoms with van der Waals surface area (Å²) in [6.07, 6.45) is 1.65. The molecule has 2 heterocycles. The fourth-order valence-corrected chi connectivity index (χ4v) is 3.81. The molecule has 0 aromatic heterocycles. The van der Waals surface area contributed by atoms with Gasteiger partial charge in [-0.3, -0.25) is 9.69 Å². The number of β-lactam (4-membered cyclic amide) rings is 1. The van der Waals surface area contributed by atoms with Gasteiger partial charge in [-0.1, -0.05) is 0 Å². The molecule has 2 aliphatic rings. The van der Waals surface area contributed by atoms with Crippen molar-refractivity contribution in [2.24, 2.45) is 0 Å². The number of hydrogen-bond donors (Lipinski definition) is 0. The van der Waals surface area contributed by atoms with E-state index in [0.29, 0.717) is 0 Å². The first-order valence-corrected chi connectivity index (χ1v) is 5.95. The minimum absolute atomic E-state index is 0.116. The first kappa shape index (κ1) is 7.17. The van der Waals surface area contributed by atoms with Crippen molar-refractivity contribution in [1.82, 2.24) is 4.90 Å². The number of fused-ring (bicyclic) bond motifs is 1. The highest BCUT2D eigenvalue weighted by Gasteiger charge is 2.45. The van der Waals surface area contributed by atoms with E-state index >= 15 is 0 Å². The summed E-state index contributed by atoms with van der Waals surface area (Å²) in [4.78, 5) is 12.0. The highest BCUT2D eigenvalue weighted by Crippen LogP contribution is 2.36. The average Bonchev–Trinajstić information content (AvgIpc) is 1.91. The fourth-order valence-electron chi connectivity index (χ4n) is 1.05. The number of rotatable bonds is 0. The molecular weight excluding hydrogens is 186 g/mol. The van der Waals surface area contributed by atoms with Gasteiger partial charge in [0, 0.05) is 11.6 Å². The standard InChI is InChI=1S/C5H5NO3S2/c7-4-3-5-6(4)1-2-10-11(5,8)9/h1-2,5H,3H2/t5-/m0/s1. The van der Waals surface area contributed by atoms with Gasteiger partial charge in [-0.2, -0.15) is 0 Å². The molecule has 0 aromatic carbocycles. The maximum Gasteiger partial charge on any atom is 0.230 e. The smallest absolute Gasteiger partial charge is 0.230 e. The molecule has 0 saturated carbocycles. The molecule has 0 aromatic rings. The van der Waals surface area contributed by atoms with Crippen LogP contribution in [0.25, 0.3) is 0 Å². The Hall–Kier alpha value is -0.490. The monoisotopic (exact) mass is 191 g/mol. The second-order valence-corrected chi connectivity index (χ2v) is 6.30. The van der Waals surface area contributed by atoms with Gasteiger partial charge < -0.3 is 0 Å². The number of carbonyl (C=O) groups is 1. The highest BCUT2D eigenvalue weighted by atomic mass is 33.1. The summed E-state index contributed by atoms with van der Waals surface area (Å²) in [5.41, 5.74) is 0. The Morgan fingerprint density at radius 3 is 2.91 bits per heavy atom. The summed E-state index contributed by atoms with van der Waals surface area (Å²) in [5.74, 6) is -0.116. The van der Waals surface area contributed by atoms with Crippen molar-refractivity contribution in [2.75, 3.05) is 0 Å². The van der Waals surface area contributed by atoms with Crippen LogP contribution in [0.2, 0.25) is 0 Å². The lowest BCUT2D eigenvalue weighted by molar-refractivity contribution is -0.137. The second kappa shape index (κ2) is 2.01. The predicted octanol–water partition coefficient (Wildman–Crippen LogP) is 0.0926. The van der Waals surface area contributed by atoms with Gasteiger partial charge in [-0.05, 0) is 10.8 Å². The quantitative estimate of drug-likeness (QED) is 0.402. The van der Waals surface area contributed by atoms with E-state index in [9.17, 15) is 13.2 Å². The van der Waals surface area contributed by atoms with Crippen LogP contribution >= 0.6 is 10.8 Å². The van der Waals surface area contributed by atoms with Gasteiger partial charge in [0.1, 0.15) is 0 Å². The van der Waals surface area contributed by atoms with Crippen LogP contribution in [0, 0.1) is 0 Å². The molecule has 1 atom stereocenters. The Balaban J connectivity index is 2.39. The molecule has 0 spiro atoms. The van der Waals surface area contributed by atoms with Gasteiger partial charge >= 0.3 is 0 Å². The lowest BCUT2D eigenvalue weighted by Crippen LogP contribution is -2.53. The minimum Gasteiger partial charge on any atom is -0.299 e. The van der Waals surface area contributed by atoms with E-state index in [1.807, 2.05) is 0 Å². The lowest BCUT2D eigenvalue weighted by atomic mass is 10.2. The summed E-state index contributed by atoms with van der Waals surface area (Å²) in [6, 6.07) is 0. The van der Waals surface area contributed by atoms with Crippen LogP contribution in [0.5, 0.6) is 0 Å². The SMILES string of the molecule is O=C1C[C@H]2N1C=CSS2(=O)=O. The molecule has 60 valence electrons. The summed E-state index contributed by atoms with van der Waals surface area (Å²) in [6.45, 7) is 0. The van der Waals surface area contributed by atoms with E-state index in [1.165, 1.54) is 16.5 Å². The first-order valence-electron chi connectivity index (χ1n) is 3.01. The van der Waals surface area contributed by atoms with E-state index < -0.39 is 14.2 Å². The molecule has 2 aliphatic heterocycles. The van der Waals surface area contributed by atoms with Crippen molar-refractivity contribution < 1.29 is 13.2 Å². The van der Waals surface area contributed by atoms with Gasteiger partial charge in [0.15, 0.2) is 5.37 Å². The number of nitrogens with zero attached hydrogens (tertiary/aromatic N) is 1. The van der Waals surface area contributed by atoms with Crippen LogP contribution in [-0.4, -0.2) is 24.6 Å². The van der Waals surface area contributed by atoms with Crippen LogP contribution in [0.3, 0.4) is 0 Å². The molecule has 6 heteroatoms. The number of amides is 1. The van der Waals surface area contributed by atoms with Crippen molar-refractivity contribution in [3.63, 3.8) is 0 Å². The van der Waals surface area contributed by atoms with E-state index in [0.717, 1.165) is 10.8 Å². The average molecular weight is 191 g/mol. The summed E-state index contributed by atoms with van der Waals surface area (Å²) >= 11 is 0. The van der Waals surface area contributed by atoms with E-state index in [-0.39, 0.29) is 12.3 Å². The van der Waals surface area contributed by atoms with Crippen molar-refractivity contribution in [2.45, 2.75) is 11.8 Å². The molecule has 1 amide bonds. The lowest BCUT2D eigenvalue weighted by Gasteiger charge is -2.38. The number of carbonyl (C=O) groups excluding carboxylic acids is 1. The molecule has 1 saturated heterocycles.